The minimum Gasteiger partial charge on any atom is -0.439 e. The second-order valence-corrected chi connectivity index (χ2v) is 6.82. The first kappa shape index (κ1) is 20.1. The summed E-state index contributed by atoms with van der Waals surface area (Å²) in [6, 6.07) is 9.70. The highest BCUT2D eigenvalue weighted by molar-refractivity contribution is 5.79. The van der Waals surface area contributed by atoms with Crippen LogP contribution < -0.4 is 15.4 Å². The minimum atomic E-state index is -0.336. The second-order valence-electron chi connectivity index (χ2n) is 6.82. The topological polar surface area (TPSA) is 61.8 Å². The Bertz CT molecular complexity index is 760. The summed E-state index contributed by atoms with van der Waals surface area (Å²) in [5.74, 6) is 1.30. The maximum Gasteiger partial charge on any atom is 0.219 e. The molecule has 0 spiro atoms. The number of nitrogens with zero attached hydrogens (tertiary/aromatic N) is 3. The first-order valence-corrected chi connectivity index (χ1v) is 9.78. The Balaban J connectivity index is 1.41. The van der Waals surface area contributed by atoms with Crippen LogP contribution in [-0.2, 0) is 6.54 Å². The first-order valence-electron chi connectivity index (χ1n) is 9.78. The average molecular weight is 385 g/mol. The molecule has 1 aliphatic heterocycles. The van der Waals surface area contributed by atoms with E-state index in [0.29, 0.717) is 18.2 Å². The van der Waals surface area contributed by atoms with Crippen molar-refractivity contribution in [3.05, 3.63) is 54.0 Å². The van der Waals surface area contributed by atoms with Crippen molar-refractivity contribution >= 4 is 5.96 Å². The normalized spacial score (nSPS) is 15.3. The van der Waals surface area contributed by atoms with Crippen LogP contribution in [0.1, 0.15) is 24.8 Å². The number of piperidine rings is 1. The van der Waals surface area contributed by atoms with E-state index in [1.807, 2.05) is 6.07 Å². The number of ether oxygens (including phenoxy) is 1. The smallest absolute Gasteiger partial charge is 0.219 e. The molecule has 1 saturated heterocycles. The molecule has 0 bridgehead atoms. The van der Waals surface area contributed by atoms with Crippen LogP contribution in [0.4, 0.5) is 4.39 Å². The predicted octanol–water partition coefficient (Wildman–Crippen LogP) is 3.16. The number of benzene rings is 1. The molecule has 0 amide bonds. The second kappa shape index (κ2) is 10.6. The van der Waals surface area contributed by atoms with E-state index in [2.05, 4.69) is 25.5 Å². The van der Waals surface area contributed by atoms with Gasteiger partial charge in [-0.1, -0.05) is 18.6 Å². The summed E-state index contributed by atoms with van der Waals surface area (Å²) in [5, 5.41) is 6.64. The van der Waals surface area contributed by atoms with E-state index in [1.165, 1.54) is 44.5 Å². The Morgan fingerprint density at radius 1 is 1.18 bits per heavy atom. The van der Waals surface area contributed by atoms with E-state index in [4.69, 9.17) is 4.74 Å². The fraction of sp³-hybridized carbons (Fsp3) is 0.429. The van der Waals surface area contributed by atoms with E-state index in [1.54, 1.807) is 31.4 Å². The summed E-state index contributed by atoms with van der Waals surface area (Å²) in [7, 11) is 1.77. The number of pyridine rings is 1. The van der Waals surface area contributed by atoms with E-state index in [9.17, 15) is 4.39 Å². The van der Waals surface area contributed by atoms with Crippen molar-refractivity contribution in [1.29, 1.82) is 0 Å². The van der Waals surface area contributed by atoms with Gasteiger partial charge in [0.2, 0.25) is 5.88 Å². The van der Waals surface area contributed by atoms with Crippen LogP contribution in [0, 0.1) is 5.82 Å². The van der Waals surface area contributed by atoms with Crippen molar-refractivity contribution in [2.24, 2.45) is 4.99 Å². The van der Waals surface area contributed by atoms with Gasteiger partial charge in [0, 0.05) is 45.0 Å². The summed E-state index contributed by atoms with van der Waals surface area (Å²) >= 11 is 0. The molecule has 2 heterocycles. The average Bonchev–Trinajstić information content (AvgIpc) is 2.72. The summed E-state index contributed by atoms with van der Waals surface area (Å²) in [5.41, 5.74) is 1.01. The molecule has 1 aromatic carbocycles. The Morgan fingerprint density at radius 2 is 2.04 bits per heavy atom. The molecule has 0 saturated carbocycles. The zero-order valence-electron chi connectivity index (χ0n) is 16.3. The van der Waals surface area contributed by atoms with Crippen LogP contribution in [0.5, 0.6) is 11.6 Å². The number of hydrogen-bond acceptors (Lipinski definition) is 4. The molecule has 2 N–H and O–H groups in total. The van der Waals surface area contributed by atoms with Crippen molar-refractivity contribution in [2.75, 3.05) is 33.2 Å². The van der Waals surface area contributed by atoms with Crippen LogP contribution in [-0.4, -0.2) is 49.1 Å². The van der Waals surface area contributed by atoms with Crippen LogP contribution in [0.25, 0.3) is 0 Å². The molecule has 1 fully saturated rings. The van der Waals surface area contributed by atoms with Crippen LogP contribution in [0.15, 0.2) is 47.6 Å². The Kier molecular flexibility index (Phi) is 7.61. The van der Waals surface area contributed by atoms with Gasteiger partial charge in [0.1, 0.15) is 11.6 Å². The highest BCUT2D eigenvalue weighted by Crippen LogP contribution is 2.19. The lowest BCUT2D eigenvalue weighted by Gasteiger charge is -2.26. The van der Waals surface area contributed by atoms with Crippen LogP contribution in [0.2, 0.25) is 0 Å². The molecule has 0 radical (unpaired) electrons. The zero-order chi connectivity index (χ0) is 19.6. The number of aliphatic imine (C=N–C) groups is 1. The molecule has 3 rings (SSSR count). The molecule has 0 aliphatic carbocycles. The number of aromatic nitrogens is 1. The minimum absolute atomic E-state index is 0.336. The van der Waals surface area contributed by atoms with Gasteiger partial charge in [0.25, 0.3) is 0 Å². The van der Waals surface area contributed by atoms with E-state index in [0.717, 1.165) is 24.6 Å². The third kappa shape index (κ3) is 6.49. The lowest BCUT2D eigenvalue weighted by molar-refractivity contribution is 0.232. The van der Waals surface area contributed by atoms with Crippen molar-refractivity contribution in [2.45, 2.75) is 25.8 Å². The van der Waals surface area contributed by atoms with Crippen molar-refractivity contribution in [3.63, 3.8) is 0 Å². The SMILES string of the molecule is CN=C(NCCN1CCCCC1)NCc1ccc(Oc2cccc(F)c2)nc1. The Hall–Kier alpha value is -2.67. The summed E-state index contributed by atoms with van der Waals surface area (Å²) in [4.78, 5) is 11.0. The fourth-order valence-electron chi connectivity index (χ4n) is 3.15. The molecule has 150 valence electrons. The van der Waals surface area contributed by atoms with Gasteiger partial charge in [-0.15, -0.1) is 0 Å². The van der Waals surface area contributed by atoms with E-state index < -0.39 is 0 Å². The Labute approximate surface area is 165 Å². The summed E-state index contributed by atoms with van der Waals surface area (Å²) < 4.78 is 18.8. The van der Waals surface area contributed by atoms with Gasteiger partial charge in [0.15, 0.2) is 5.96 Å². The van der Waals surface area contributed by atoms with Crippen molar-refractivity contribution in [3.8, 4) is 11.6 Å². The van der Waals surface area contributed by atoms with Gasteiger partial charge in [-0.2, -0.15) is 0 Å². The summed E-state index contributed by atoms with van der Waals surface area (Å²) in [6.07, 6.45) is 5.70. The van der Waals surface area contributed by atoms with E-state index in [-0.39, 0.29) is 5.82 Å². The maximum absolute atomic E-state index is 13.2. The number of halogens is 1. The molecule has 28 heavy (non-hydrogen) atoms. The lowest BCUT2D eigenvalue weighted by atomic mass is 10.1. The molecule has 6 nitrogen and oxygen atoms in total. The fourth-order valence-corrected chi connectivity index (χ4v) is 3.15. The summed E-state index contributed by atoms with van der Waals surface area (Å²) in [6.45, 7) is 4.91. The maximum atomic E-state index is 13.2. The zero-order valence-corrected chi connectivity index (χ0v) is 16.3. The highest BCUT2D eigenvalue weighted by atomic mass is 19.1. The number of rotatable bonds is 7. The van der Waals surface area contributed by atoms with Gasteiger partial charge in [0.05, 0.1) is 0 Å². The molecular weight excluding hydrogens is 357 g/mol. The van der Waals surface area contributed by atoms with Crippen molar-refractivity contribution < 1.29 is 9.13 Å². The number of nitrogens with one attached hydrogen (secondary N) is 2. The molecular formula is C21H28FN5O. The third-order valence-electron chi connectivity index (χ3n) is 4.67. The highest BCUT2D eigenvalue weighted by Gasteiger charge is 2.09. The van der Waals surface area contributed by atoms with Crippen LogP contribution in [0.3, 0.4) is 0 Å². The van der Waals surface area contributed by atoms with Gasteiger partial charge < -0.3 is 20.3 Å². The number of likely N-dealkylation sites (tertiary alicyclic amines) is 1. The molecule has 0 unspecified atom stereocenters. The van der Waals surface area contributed by atoms with Gasteiger partial charge >= 0.3 is 0 Å². The predicted molar refractivity (Wildman–Crippen MR) is 109 cm³/mol. The Morgan fingerprint density at radius 3 is 2.75 bits per heavy atom. The lowest BCUT2D eigenvalue weighted by Crippen LogP contribution is -2.42. The van der Waals surface area contributed by atoms with Crippen molar-refractivity contribution in [1.82, 2.24) is 20.5 Å². The van der Waals surface area contributed by atoms with Gasteiger partial charge in [-0.05, 0) is 43.6 Å². The van der Waals surface area contributed by atoms with Crippen LogP contribution >= 0.6 is 0 Å². The number of guanidine groups is 1. The molecule has 0 atom stereocenters. The third-order valence-corrected chi connectivity index (χ3v) is 4.67. The molecule has 1 aliphatic rings. The number of hydrogen-bond donors (Lipinski definition) is 2. The molecule has 2 aromatic rings. The van der Waals surface area contributed by atoms with Gasteiger partial charge in [-0.3, -0.25) is 4.99 Å². The largest absolute Gasteiger partial charge is 0.439 e. The van der Waals surface area contributed by atoms with Gasteiger partial charge in [-0.25, -0.2) is 9.37 Å². The first-order chi connectivity index (χ1) is 13.7. The quantitative estimate of drug-likeness (QED) is 0.566. The molecule has 1 aromatic heterocycles. The monoisotopic (exact) mass is 385 g/mol. The van der Waals surface area contributed by atoms with E-state index >= 15 is 0 Å². The molecule has 7 heteroatoms. The standard InChI is InChI=1S/C21H28FN5O/c1-23-21(24-10-13-27-11-3-2-4-12-27)26-16-17-8-9-20(25-15-17)28-19-7-5-6-18(22)14-19/h5-9,14-15H,2-4,10-13,16H2,1H3,(H2,23,24,26).